The zero-order valence-corrected chi connectivity index (χ0v) is 16.3. The lowest BCUT2D eigenvalue weighted by Crippen LogP contribution is -2.50. The number of hydrogen-bond donors (Lipinski definition) is 0. The molecule has 0 amide bonds. The average Bonchev–Trinajstić information content (AvgIpc) is 2.67. The fraction of sp³-hybridized carbons (Fsp3) is 0.364. The Kier molecular flexibility index (Phi) is 4.82. The smallest absolute Gasteiger partial charge is 0.163 e. The van der Waals surface area contributed by atoms with E-state index in [-0.39, 0.29) is 12.1 Å². The highest BCUT2D eigenvalue weighted by atomic mass is 32.2. The lowest BCUT2D eigenvalue weighted by atomic mass is 9.97. The molecule has 4 rings (SSSR count). The summed E-state index contributed by atoms with van der Waals surface area (Å²) in [5.74, 6) is -0.573. The van der Waals surface area contributed by atoms with Gasteiger partial charge in [-0.3, -0.25) is 0 Å². The van der Waals surface area contributed by atoms with Gasteiger partial charge in [0.05, 0.1) is 12.6 Å². The zero-order chi connectivity index (χ0) is 18.1. The average molecular weight is 368 g/mol. The molecule has 0 N–H and O–H groups in total. The van der Waals surface area contributed by atoms with Crippen molar-refractivity contribution in [3.8, 4) is 0 Å². The maximum atomic E-state index is 6.38. The number of ether oxygens (including phenoxy) is 2. The molecule has 2 aliphatic heterocycles. The molecule has 2 aliphatic rings. The Bertz CT molecular complexity index is 800. The lowest BCUT2D eigenvalue weighted by molar-refractivity contribution is -0.295. The first kappa shape index (κ1) is 17.7. The van der Waals surface area contributed by atoms with Crippen LogP contribution in [0.1, 0.15) is 36.6 Å². The second-order valence-corrected chi connectivity index (χ2v) is 8.16. The van der Waals surface area contributed by atoms with Gasteiger partial charge in [0.1, 0.15) is 6.10 Å². The molecule has 0 aromatic heterocycles. The van der Waals surface area contributed by atoms with E-state index < -0.39 is 5.79 Å². The van der Waals surface area contributed by atoms with Crippen LogP contribution in [-0.2, 0) is 16.0 Å². The first-order valence-corrected chi connectivity index (χ1v) is 10.3. The maximum absolute atomic E-state index is 6.38. The van der Waals surface area contributed by atoms with Crippen LogP contribution in [0.25, 0.3) is 6.08 Å². The quantitative estimate of drug-likeness (QED) is 0.705. The van der Waals surface area contributed by atoms with Gasteiger partial charge in [-0.25, -0.2) is 0 Å². The third-order valence-corrected chi connectivity index (χ3v) is 5.83. The van der Waals surface area contributed by atoms with Crippen LogP contribution < -0.4 is 0 Å². The molecule has 136 valence electrons. The highest BCUT2D eigenvalue weighted by Gasteiger charge is 2.40. The predicted molar refractivity (Wildman–Crippen MR) is 107 cm³/mol. The summed E-state index contributed by atoms with van der Waals surface area (Å²) in [6.45, 7) is 5.51. The van der Waals surface area contributed by atoms with E-state index in [1.54, 1.807) is 11.8 Å². The lowest BCUT2D eigenvalue weighted by Gasteiger charge is -2.46. The minimum Gasteiger partial charge on any atom is -0.365 e. The molecule has 4 heteroatoms. The number of nitrogens with zero attached hydrogens (tertiary/aromatic N) is 1. The number of fused-ring (bicyclic) bond motifs is 1. The predicted octanol–water partition coefficient (Wildman–Crippen LogP) is 5.09. The maximum Gasteiger partial charge on any atom is 0.163 e. The van der Waals surface area contributed by atoms with Crippen molar-refractivity contribution in [2.24, 2.45) is 0 Å². The van der Waals surface area contributed by atoms with Gasteiger partial charge in [0.15, 0.2) is 5.79 Å². The monoisotopic (exact) mass is 367 g/mol. The molecule has 0 unspecified atom stereocenters. The Morgan fingerprint density at radius 3 is 2.62 bits per heavy atom. The number of rotatable bonds is 3. The number of benzene rings is 2. The molecule has 1 fully saturated rings. The second kappa shape index (κ2) is 7.10. The van der Waals surface area contributed by atoms with Gasteiger partial charge in [-0.1, -0.05) is 36.4 Å². The van der Waals surface area contributed by atoms with Crippen LogP contribution in [0, 0.1) is 0 Å². The van der Waals surface area contributed by atoms with Crippen LogP contribution in [0.5, 0.6) is 0 Å². The van der Waals surface area contributed by atoms with E-state index in [1.165, 1.54) is 21.6 Å². The SMILES string of the molecule is CSc1ccc([C@@H]2OC(C)(C)OC[C@@H]2N2C=Cc3ccccc3C2)cc1. The Labute approximate surface area is 160 Å². The van der Waals surface area contributed by atoms with Crippen molar-refractivity contribution in [1.29, 1.82) is 0 Å². The van der Waals surface area contributed by atoms with Crippen LogP contribution >= 0.6 is 11.8 Å². The summed E-state index contributed by atoms with van der Waals surface area (Å²) in [5, 5.41) is 0. The largest absolute Gasteiger partial charge is 0.365 e. The summed E-state index contributed by atoms with van der Waals surface area (Å²) in [6, 6.07) is 17.4. The van der Waals surface area contributed by atoms with Crippen LogP contribution in [0.2, 0.25) is 0 Å². The Hall–Kier alpha value is -1.75. The molecule has 2 atom stereocenters. The van der Waals surface area contributed by atoms with Gasteiger partial charge in [0, 0.05) is 17.6 Å². The van der Waals surface area contributed by atoms with Gasteiger partial charge in [-0.2, -0.15) is 0 Å². The van der Waals surface area contributed by atoms with Crippen LogP contribution in [-0.4, -0.2) is 29.6 Å². The summed E-state index contributed by atoms with van der Waals surface area (Å²) < 4.78 is 12.4. The Morgan fingerprint density at radius 1 is 1.08 bits per heavy atom. The fourth-order valence-electron chi connectivity index (χ4n) is 3.64. The summed E-state index contributed by atoms with van der Waals surface area (Å²) in [6.07, 6.45) is 6.44. The van der Waals surface area contributed by atoms with Gasteiger partial charge in [-0.05, 0) is 55.0 Å². The Balaban J connectivity index is 1.63. The van der Waals surface area contributed by atoms with Gasteiger partial charge in [-0.15, -0.1) is 11.8 Å². The minimum atomic E-state index is -0.573. The molecule has 0 aliphatic carbocycles. The molecule has 2 aromatic rings. The molecule has 26 heavy (non-hydrogen) atoms. The molecule has 2 aromatic carbocycles. The van der Waals surface area contributed by atoms with Crippen LogP contribution in [0.15, 0.2) is 59.6 Å². The summed E-state index contributed by atoms with van der Waals surface area (Å²) >= 11 is 1.76. The first-order valence-electron chi connectivity index (χ1n) is 9.03. The first-order chi connectivity index (χ1) is 12.6. The molecular formula is C22H25NO2S. The summed E-state index contributed by atoms with van der Waals surface area (Å²) in [5.41, 5.74) is 3.84. The van der Waals surface area contributed by atoms with Gasteiger partial charge >= 0.3 is 0 Å². The molecule has 3 nitrogen and oxygen atoms in total. The van der Waals surface area contributed by atoms with E-state index in [4.69, 9.17) is 9.47 Å². The molecule has 1 saturated heterocycles. The van der Waals surface area contributed by atoms with Crippen molar-refractivity contribution in [3.63, 3.8) is 0 Å². The van der Waals surface area contributed by atoms with E-state index in [2.05, 4.69) is 72.0 Å². The topological polar surface area (TPSA) is 21.7 Å². The third-order valence-electron chi connectivity index (χ3n) is 5.09. The molecule has 0 spiro atoms. The number of hydrogen-bond acceptors (Lipinski definition) is 4. The molecule has 0 bridgehead atoms. The van der Waals surface area contributed by atoms with Crippen molar-refractivity contribution < 1.29 is 9.47 Å². The van der Waals surface area contributed by atoms with E-state index in [0.717, 1.165) is 6.54 Å². The van der Waals surface area contributed by atoms with Crippen molar-refractivity contribution in [1.82, 2.24) is 4.90 Å². The van der Waals surface area contributed by atoms with E-state index in [9.17, 15) is 0 Å². The van der Waals surface area contributed by atoms with Crippen LogP contribution in [0.3, 0.4) is 0 Å². The molecule has 0 saturated carbocycles. The minimum absolute atomic E-state index is 0.0235. The van der Waals surface area contributed by atoms with Gasteiger partial charge in [0.2, 0.25) is 0 Å². The van der Waals surface area contributed by atoms with Crippen molar-refractivity contribution >= 4 is 17.8 Å². The standard InChI is InChI=1S/C22H25NO2S/c1-22(2)24-15-20(21(25-22)17-8-10-19(26-3)11-9-17)23-13-12-16-6-4-5-7-18(16)14-23/h4-13,20-21H,14-15H2,1-3H3/t20-,21-/m0/s1. The molecule has 2 heterocycles. The van der Waals surface area contributed by atoms with Crippen molar-refractivity contribution in [2.75, 3.05) is 12.9 Å². The van der Waals surface area contributed by atoms with Gasteiger partial charge < -0.3 is 14.4 Å². The second-order valence-electron chi connectivity index (χ2n) is 7.28. The highest BCUT2D eigenvalue weighted by molar-refractivity contribution is 7.98. The Morgan fingerprint density at radius 2 is 1.85 bits per heavy atom. The van der Waals surface area contributed by atoms with Gasteiger partial charge in [0.25, 0.3) is 0 Å². The van der Waals surface area contributed by atoms with E-state index >= 15 is 0 Å². The summed E-state index contributed by atoms with van der Waals surface area (Å²) in [4.78, 5) is 3.62. The van der Waals surface area contributed by atoms with Crippen molar-refractivity contribution in [3.05, 3.63) is 71.4 Å². The summed E-state index contributed by atoms with van der Waals surface area (Å²) in [7, 11) is 0. The highest BCUT2D eigenvalue weighted by Crippen LogP contribution is 2.37. The normalized spacial score (nSPS) is 24.3. The molecular weight excluding hydrogens is 342 g/mol. The molecule has 0 radical (unpaired) electrons. The third kappa shape index (κ3) is 3.54. The van der Waals surface area contributed by atoms with E-state index in [0.29, 0.717) is 6.61 Å². The van der Waals surface area contributed by atoms with Crippen molar-refractivity contribution in [2.45, 2.75) is 43.2 Å². The zero-order valence-electron chi connectivity index (χ0n) is 15.5. The number of thioether (sulfide) groups is 1. The fourth-order valence-corrected chi connectivity index (χ4v) is 4.05. The van der Waals surface area contributed by atoms with Crippen LogP contribution in [0.4, 0.5) is 0 Å². The van der Waals surface area contributed by atoms with E-state index in [1.807, 2.05) is 13.8 Å².